The van der Waals surface area contributed by atoms with E-state index < -0.39 is 0 Å². The van der Waals surface area contributed by atoms with Gasteiger partial charge in [-0.05, 0) is 30.3 Å². The van der Waals surface area contributed by atoms with Crippen molar-refractivity contribution in [3.8, 4) is 10.4 Å². The van der Waals surface area contributed by atoms with Crippen molar-refractivity contribution in [2.24, 2.45) is 0 Å². The summed E-state index contributed by atoms with van der Waals surface area (Å²) in [6.45, 7) is 4.12. The first-order valence-corrected chi connectivity index (χ1v) is 10.2. The van der Waals surface area contributed by atoms with Crippen LogP contribution < -0.4 is 0 Å². The summed E-state index contributed by atoms with van der Waals surface area (Å²) in [7, 11) is 0. The number of thiophene rings is 1. The summed E-state index contributed by atoms with van der Waals surface area (Å²) in [6.07, 6.45) is 1.66. The van der Waals surface area contributed by atoms with E-state index in [0.717, 1.165) is 43.3 Å². The van der Waals surface area contributed by atoms with Crippen molar-refractivity contribution in [2.45, 2.75) is 6.54 Å². The largest absolute Gasteiger partial charge is 0.335 e. The van der Waals surface area contributed by atoms with Gasteiger partial charge in [0.1, 0.15) is 5.69 Å². The van der Waals surface area contributed by atoms with Crippen molar-refractivity contribution in [1.82, 2.24) is 14.8 Å². The molecule has 0 aliphatic carbocycles. The fourth-order valence-corrected chi connectivity index (χ4v) is 4.63. The second-order valence-electron chi connectivity index (χ2n) is 6.53. The minimum Gasteiger partial charge on any atom is -0.335 e. The SMILES string of the molecule is O=C(c1ccccn1)N1CCN(Cc2ccc(-c3ccccc3Cl)s2)CC1. The van der Waals surface area contributed by atoms with Crippen molar-refractivity contribution >= 4 is 28.8 Å². The number of aromatic nitrogens is 1. The number of hydrogen-bond acceptors (Lipinski definition) is 4. The van der Waals surface area contributed by atoms with Gasteiger partial charge in [-0.25, -0.2) is 0 Å². The van der Waals surface area contributed by atoms with Crippen molar-refractivity contribution in [2.75, 3.05) is 26.2 Å². The van der Waals surface area contributed by atoms with Crippen LogP contribution in [0.3, 0.4) is 0 Å². The lowest BCUT2D eigenvalue weighted by atomic mass is 10.2. The molecule has 1 amide bonds. The average molecular weight is 398 g/mol. The van der Waals surface area contributed by atoms with E-state index in [2.05, 4.69) is 28.1 Å². The van der Waals surface area contributed by atoms with Crippen LogP contribution in [0.4, 0.5) is 0 Å². The van der Waals surface area contributed by atoms with Crippen LogP contribution in [0.2, 0.25) is 5.02 Å². The Morgan fingerprint density at radius 1 is 1.00 bits per heavy atom. The molecule has 0 bridgehead atoms. The Morgan fingerprint density at radius 2 is 1.78 bits per heavy atom. The standard InChI is InChI=1S/C21H20ClN3OS/c22-18-6-2-1-5-17(18)20-9-8-16(27-20)15-24-11-13-25(14-12-24)21(26)19-7-3-4-10-23-19/h1-10H,11-15H2. The zero-order valence-electron chi connectivity index (χ0n) is 14.8. The first-order chi connectivity index (χ1) is 13.2. The lowest BCUT2D eigenvalue weighted by Gasteiger charge is -2.34. The molecule has 4 rings (SSSR count). The molecule has 27 heavy (non-hydrogen) atoms. The Balaban J connectivity index is 1.35. The highest BCUT2D eigenvalue weighted by atomic mass is 35.5. The van der Waals surface area contributed by atoms with Crippen LogP contribution in [0.25, 0.3) is 10.4 Å². The van der Waals surface area contributed by atoms with E-state index in [4.69, 9.17) is 11.6 Å². The summed E-state index contributed by atoms with van der Waals surface area (Å²) < 4.78 is 0. The number of pyridine rings is 1. The summed E-state index contributed by atoms with van der Waals surface area (Å²) in [5.41, 5.74) is 1.61. The summed E-state index contributed by atoms with van der Waals surface area (Å²) in [5.74, 6) is 0.0207. The smallest absolute Gasteiger partial charge is 0.272 e. The monoisotopic (exact) mass is 397 g/mol. The van der Waals surface area contributed by atoms with E-state index in [1.165, 1.54) is 9.75 Å². The van der Waals surface area contributed by atoms with E-state index in [0.29, 0.717) is 5.69 Å². The number of rotatable bonds is 4. The Kier molecular flexibility index (Phi) is 5.53. The quantitative estimate of drug-likeness (QED) is 0.653. The second-order valence-corrected chi connectivity index (χ2v) is 8.10. The second kappa shape index (κ2) is 8.21. The minimum atomic E-state index is 0.0207. The van der Waals surface area contributed by atoms with Gasteiger partial charge < -0.3 is 4.90 Å². The van der Waals surface area contributed by atoms with Gasteiger partial charge in [0.2, 0.25) is 0 Å². The van der Waals surface area contributed by atoms with Crippen molar-refractivity contribution in [3.63, 3.8) is 0 Å². The molecule has 0 unspecified atom stereocenters. The molecule has 1 fully saturated rings. The highest BCUT2D eigenvalue weighted by molar-refractivity contribution is 7.15. The lowest BCUT2D eigenvalue weighted by molar-refractivity contribution is 0.0624. The molecule has 138 valence electrons. The van der Waals surface area contributed by atoms with Gasteiger partial charge >= 0.3 is 0 Å². The number of nitrogens with zero attached hydrogens (tertiary/aromatic N) is 3. The van der Waals surface area contributed by atoms with Crippen LogP contribution in [0.15, 0.2) is 60.8 Å². The summed E-state index contributed by atoms with van der Waals surface area (Å²) >= 11 is 8.09. The van der Waals surface area contributed by atoms with Gasteiger partial charge in [-0.15, -0.1) is 11.3 Å². The molecule has 0 saturated carbocycles. The zero-order valence-corrected chi connectivity index (χ0v) is 16.4. The van der Waals surface area contributed by atoms with Gasteiger partial charge in [0.15, 0.2) is 0 Å². The number of piperazine rings is 1. The lowest BCUT2D eigenvalue weighted by Crippen LogP contribution is -2.48. The van der Waals surface area contributed by atoms with E-state index in [1.54, 1.807) is 23.6 Å². The maximum absolute atomic E-state index is 12.5. The third-order valence-corrected chi connectivity index (χ3v) is 6.16. The normalized spacial score (nSPS) is 15.1. The molecule has 2 aromatic heterocycles. The molecule has 0 atom stereocenters. The summed E-state index contributed by atoms with van der Waals surface area (Å²) in [4.78, 5) is 23.4. The third-order valence-electron chi connectivity index (χ3n) is 4.72. The molecule has 1 saturated heterocycles. The van der Waals surface area contributed by atoms with Gasteiger partial charge in [0, 0.05) is 59.3 Å². The van der Waals surface area contributed by atoms with Crippen LogP contribution in [-0.4, -0.2) is 46.9 Å². The highest BCUT2D eigenvalue weighted by Crippen LogP contribution is 2.33. The minimum absolute atomic E-state index is 0.0207. The Morgan fingerprint density at radius 3 is 2.52 bits per heavy atom. The van der Waals surface area contributed by atoms with Gasteiger partial charge in [0.05, 0.1) is 0 Å². The molecule has 1 aromatic carbocycles. The molecule has 0 N–H and O–H groups in total. The number of halogens is 1. The Hall–Kier alpha value is -2.21. The number of amides is 1. The van der Waals surface area contributed by atoms with Gasteiger partial charge in [0.25, 0.3) is 5.91 Å². The van der Waals surface area contributed by atoms with E-state index in [1.807, 2.05) is 35.2 Å². The van der Waals surface area contributed by atoms with Crippen LogP contribution >= 0.6 is 22.9 Å². The molecule has 3 heterocycles. The fraction of sp³-hybridized carbons (Fsp3) is 0.238. The molecule has 1 aliphatic heterocycles. The molecule has 4 nitrogen and oxygen atoms in total. The fourth-order valence-electron chi connectivity index (χ4n) is 3.25. The van der Waals surface area contributed by atoms with Crippen molar-refractivity contribution < 1.29 is 4.79 Å². The van der Waals surface area contributed by atoms with Crippen LogP contribution in [-0.2, 0) is 6.54 Å². The highest BCUT2D eigenvalue weighted by Gasteiger charge is 2.23. The molecule has 0 radical (unpaired) electrons. The van der Waals surface area contributed by atoms with Crippen LogP contribution in [0.5, 0.6) is 0 Å². The number of benzene rings is 1. The van der Waals surface area contributed by atoms with Gasteiger partial charge in [-0.2, -0.15) is 0 Å². The summed E-state index contributed by atoms with van der Waals surface area (Å²) in [6, 6.07) is 17.7. The predicted molar refractivity (Wildman–Crippen MR) is 110 cm³/mol. The third kappa shape index (κ3) is 4.21. The van der Waals surface area contributed by atoms with Crippen molar-refractivity contribution in [3.05, 3.63) is 76.4 Å². The van der Waals surface area contributed by atoms with Crippen LogP contribution in [0.1, 0.15) is 15.4 Å². The van der Waals surface area contributed by atoms with Gasteiger partial charge in [-0.3, -0.25) is 14.7 Å². The first-order valence-electron chi connectivity index (χ1n) is 8.97. The Bertz CT molecular complexity index is 920. The zero-order chi connectivity index (χ0) is 18.6. The number of carbonyl (C=O) groups excluding carboxylic acids is 1. The topological polar surface area (TPSA) is 36.4 Å². The average Bonchev–Trinajstić information content (AvgIpc) is 3.17. The molecule has 0 spiro atoms. The molecule has 6 heteroatoms. The number of hydrogen-bond donors (Lipinski definition) is 0. The number of carbonyl (C=O) groups is 1. The van der Waals surface area contributed by atoms with Gasteiger partial charge in [-0.1, -0.05) is 35.9 Å². The molecular weight excluding hydrogens is 378 g/mol. The molecule has 1 aliphatic rings. The van der Waals surface area contributed by atoms with E-state index in [-0.39, 0.29) is 5.91 Å². The molecular formula is C21H20ClN3OS. The van der Waals surface area contributed by atoms with E-state index >= 15 is 0 Å². The Labute approximate surface area is 168 Å². The maximum Gasteiger partial charge on any atom is 0.272 e. The van der Waals surface area contributed by atoms with Crippen molar-refractivity contribution in [1.29, 1.82) is 0 Å². The van der Waals surface area contributed by atoms with Crippen LogP contribution in [0, 0.1) is 0 Å². The van der Waals surface area contributed by atoms with E-state index in [9.17, 15) is 4.79 Å². The molecule has 3 aromatic rings. The summed E-state index contributed by atoms with van der Waals surface area (Å²) in [5, 5.41) is 0.785. The predicted octanol–water partition coefficient (Wildman–Crippen LogP) is 4.42. The first kappa shape index (κ1) is 18.2. The maximum atomic E-state index is 12.5.